The summed E-state index contributed by atoms with van der Waals surface area (Å²) < 4.78 is 30.3. The maximum Gasteiger partial charge on any atom is 0.260 e. The Labute approximate surface area is 225 Å². The van der Waals surface area contributed by atoms with Crippen LogP contribution in [-0.2, 0) is 9.53 Å². The first-order chi connectivity index (χ1) is 19.1. The Hall–Kier alpha value is -3.80. The number of morpholine rings is 1. The van der Waals surface area contributed by atoms with Gasteiger partial charge in [-0.1, -0.05) is 0 Å². The number of fused-ring (bicyclic) bond motifs is 1. The number of pyridine rings is 2. The van der Waals surface area contributed by atoms with E-state index < -0.39 is 6.17 Å². The van der Waals surface area contributed by atoms with Crippen LogP contribution in [0.3, 0.4) is 0 Å². The lowest BCUT2D eigenvalue weighted by molar-refractivity contribution is -0.140. The maximum absolute atomic E-state index is 12.9. The van der Waals surface area contributed by atoms with E-state index in [1.165, 1.54) is 17.3 Å². The highest BCUT2D eigenvalue weighted by molar-refractivity contribution is 5.85. The van der Waals surface area contributed by atoms with Crippen LogP contribution >= 0.6 is 0 Å². The minimum Gasteiger partial charge on any atom is -0.481 e. The van der Waals surface area contributed by atoms with Gasteiger partial charge in [-0.15, -0.1) is 0 Å². The Balaban J connectivity index is 1.01. The molecule has 39 heavy (non-hydrogen) atoms. The van der Waals surface area contributed by atoms with E-state index in [1.54, 1.807) is 6.20 Å². The highest BCUT2D eigenvalue weighted by Gasteiger charge is 2.30. The molecule has 6 rings (SSSR count). The molecule has 0 unspecified atom stereocenters. The number of hydrogen-bond donors (Lipinski definition) is 1. The number of aromatic nitrogens is 4. The van der Waals surface area contributed by atoms with E-state index in [4.69, 9.17) is 19.2 Å². The van der Waals surface area contributed by atoms with Gasteiger partial charge in [-0.05, 0) is 37.8 Å². The van der Waals surface area contributed by atoms with Gasteiger partial charge in [0.25, 0.3) is 5.91 Å². The first kappa shape index (κ1) is 25.5. The van der Waals surface area contributed by atoms with Crippen molar-refractivity contribution in [2.75, 3.05) is 56.2 Å². The number of halogens is 1. The molecule has 5 heterocycles. The maximum atomic E-state index is 12.9. The Morgan fingerprint density at radius 3 is 2.62 bits per heavy atom. The fraction of sp³-hybridized carbons (Fsp3) is 0.519. The number of carbonyl (C=O) groups is 1. The second-order valence-corrected chi connectivity index (χ2v) is 10.1. The van der Waals surface area contributed by atoms with E-state index in [1.807, 2.05) is 18.2 Å². The highest BCUT2D eigenvalue weighted by Crippen LogP contribution is 2.31. The predicted molar refractivity (Wildman–Crippen MR) is 142 cm³/mol. The van der Waals surface area contributed by atoms with Crippen molar-refractivity contribution < 1.29 is 23.4 Å². The molecule has 0 spiro atoms. The van der Waals surface area contributed by atoms with Crippen LogP contribution in [0.2, 0.25) is 0 Å². The minimum absolute atomic E-state index is 0.0622. The van der Waals surface area contributed by atoms with Crippen LogP contribution < -0.4 is 19.7 Å². The first-order valence-electron chi connectivity index (χ1n) is 13.5. The van der Waals surface area contributed by atoms with Crippen LogP contribution in [0.25, 0.3) is 10.9 Å². The average molecular weight is 538 g/mol. The lowest BCUT2D eigenvalue weighted by atomic mass is 9.93. The summed E-state index contributed by atoms with van der Waals surface area (Å²) in [6.45, 7) is 3.11. The van der Waals surface area contributed by atoms with Crippen LogP contribution in [0.5, 0.6) is 11.6 Å². The van der Waals surface area contributed by atoms with Crippen LogP contribution in [0.1, 0.15) is 25.7 Å². The monoisotopic (exact) mass is 537 g/mol. The second-order valence-electron chi connectivity index (χ2n) is 10.1. The number of anilines is 2. The third kappa shape index (κ3) is 6.11. The standard InChI is InChI=1S/C27H32FN7O4/c28-18-15-35(16-18)25(36)17-38-21-13-30-27(31-14-21)32-19-3-5-20(6-4-19)39-26-22-2-1-7-29-23(22)12-24(33-26)34-8-10-37-11-9-34/h1-2,7,12-14,18-20H,3-6,8-11,15-17H2,(H,30,31,32). The van der Waals surface area contributed by atoms with Crippen molar-refractivity contribution in [2.45, 2.75) is 44.0 Å². The molecular formula is C27H32FN7O4. The summed E-state index contributed by atoms with van der Waals surface area (Å²) >= 11 is 0. The lowest BCUT2D eigenvalue weighted by Crippen LogP contribution is -2.52. The molecule has 0 radical (unpaired) electrons. The molecule has 1 N–H and O–H groups in total. The average Bonchev–Trinajstić information content (AvgIpc) is 2.96. The molecule has 12 heteroatoms. The van der Waals surface area contributed by atoms with Gasteiger partial charge in [0.1, 0.15) is 18.1 Å². The normalized spacial score (nSPS) is 21.9. The smallest absolute Gasteiger partial charge is 0.260 e. The van der Waals surface area contributed by atoms with Gasteiger partial charge >= 0.3 is 0 Å². The Bertz CT molecular complexity index is 1280. The van der Waals surface area contributed by atoms with E-state index in [9.17, 15) is 9.18 Å². The van der Waals surface area contributed by atoms with Gasteiger partial charge in [-0.2, -0.15) is 4.98 Å². The quantitative estimate of drug-likeness (QED) is 0.460. The molecular weight excluding hydrogens is 505 g/mol. The molecule has 3 fully saturated rings. The molecule has 2 saturated heterocycles. The van der Waals surface area contributed by atoms with E-state index in [-0.39, 0.29) is 37.7 Å². The summed E-state index contributed by atoms with van der Waals surface area (Å²) in [4.78, 5) is 33.6. The van der Waals surface area contributed by atoms with E-state index >= 15 is 0 Å². The summed E-state index contributed by atoms with van der Waals surface area (Å²) in [6.07, 6.45) is 7.58. The van der Waals surface area contributed by atoms with Crippen molar-refractivity contribution in [1.29, 1.82) is 0 Å². The molecule has 0 atom stereocenters. The molecule has 3 aromatic heterocycles. The summed E-state index contributed by atoms with van der Waals surface area (Å²) in [5.74, 6) is 2.18. The number of rotatable bonds is 8. The highest BCUT2D eigenvalue weighted by atomic mass is 19.1. The zero-order chi connectivity index (χ0) is 26.6. The summed E-state index contributed by atoms with van der Waals surface area (Å²) in [5, 5.41) is 4.31. The fourth-order valence-electron chi connectivity index (χ4n) is 5.07. The molecule has 1 saturated carbocycles. The number of nitrogens with zero attached hydrogens (tertiary/aromatic N) is 6. The Morgan fingerprint density at radius 1 is 1.10 bits per heavy atom. The lowest BCUT2D eigenvalue weighted by Gasteiger charge is -2.34. The Kier molecular flexibility index (Phi) is 7.53. The largest absolute Gasteiger partial charge is 0.481 e. The Morgan fingerprint density at radius 2 is 1.87 bits per heavy atom. The van der Waals surface area contributed by atoms with Crippen molar-refractivity contribution in [3.05, 3.63) is 36.8 Å². The van der Waals surface area contributed by atoms with Crippen molar-refractivity contribution in [3.63, 3.8) is 0 Å². The van der Waals surface area contributed by atoms with Gasteiger partial charge in [0.05, 0.1) is 49.6 Å². The topological polar surface area (TPSA) is 115 Å². The molecule has 0 bridgehead atoms. The van der Waals surface area contributed by atoms with Gasteiger partial charge in [-0.25, -0.2) is 14.4 Å². The molecule has 1 aliphatic carbocycles. The van der Waals surface area contributed by atoms with Gasteiger partial charge in [0, 0.05) is 31.4 Å². The van der Waals surface area contributed by atoms with E-state index in [0.29, 0.717) is 30.8 Å². The SMILES string of the molecule is O=C(COc1cnc(NC2CCC(Oc3nc(N4CCOCC4)cc4ncccc34)CC2)nc1)N1CC(F)C1. The van der Waals surface area contributed by atoms with E-state index in [2.05, 4.69) is 25.2 Å². The van der Waals surface area contributed by atoms with Crippen LogP contribution in [-0.4, -0.2) is 95.1 Å². The minimum atomic E-state index is -0.926. The number of nitrogens with one attached hydrogen (secondary N) is 1. The number of ether oxygens (including phenoxy) is 3. The number of likely N-dealkylation sites (tertiary alicyclic amines) is 1. The van der Waals surface area contributed by atoms with Crippen molar-refractivity contribution in [2.24, 2.45) is 0 Å². The second kappa shape index (κ2) is 11.5. The molecule has 0 aromatic carbocycles. The van der Waals surface area contributed by atoms with Crippen LogP contribution in [0.15, 0.2) is 36.8 Å². The number of hydrogen-bond acceptors (Lipinski definition) is 10. The van der Waals surface area contributed by atoms with E-state index in [0.717, 1.165) is 55.5 Å². The molecule has 206 valence electrons. The summed E-state index contributed by atoms with van der Waals surface area (Å²) in [6, 6.07) is 6.17. The third-order valence-corrected chi connectivity index (χ3v) is 7.35. The molecule has 11 nitrogen and oxygen atoms in total. The number of amides is 1. The zero-order valence-electron chi connectivity index (χ0n) is 21.7. The molecule has 1 amide bonds. The van der Waals surface area contributed by atoms with Crippen molar-refractivity contribution >= 4 is 28.6 Å². The van der Waals surface area contributed by atoms with Gasteiger partial charge in [0.2, 0.25) is 11.8 Å². The number of alkyl halides is 1. The van der Waals surface area contributed by atoms with Crippen LogP contribution in [0.4, 0.5) is 16.2 Å². The number of carbonyl (C=O) groups excluding carboxylic acids is 1. The fourth-order valence-corrected chi connectivity index (χ4v) is 5.07. The van der Waals surface area contributed by atoms with Crippen molar-refractivity contribution in [3.8, 4) is 11.6 Å². The molecule has 3 aliphatic rings. The molecule has 2 aliphatic heterocycles. The molecule has 3 aromatic rings. The third-order valence-electron chi connectivity index (χ3n) is 7.35. The van der Waals surface area contributed by atoms with Gasteiger partial charge in [-0.3, -0.25) is 9.78 Å². The summed E-state index contributed by atoms with van der Waals surface area (Å²) in [5.41, 5.74) is 0.877. The zero-order valence-corrected chi connectivity index (χ0v) is 21.7. The van der Waals surface area contributed by atoms with Crippen LogP contribution in [0, 0.1) is 0 Å². The van der Waals surface area contributed by atoms with Crippen molar-refractivity contribution in [1.82, 2.24) is 24.8 Å². The van der Waals surface area contributed by atoms with Gasteiger partial charge < -0.3 is 29.3 Å². The van der Waals surface area contributed by atoms with Gasteiger partial charge in [0.15, 0.2) is 12.4 Å². The summed E-state index contributed by atoms with van der Waals surface area (Å²) in [7, 11) is 0. The predicted octanol–water partition coefficient (Wildman–Crippen LogP) is 2.62. The first-order valence-corrected chi connectivity index (χ1v) is 13.5.